The van der Waals surface area contributed by atoms with E-state index in [-0.39, 0.29) is 5.91 Å². The maximum Gasteiger partial charge on any atom is 0.251 e. The van der Waals surface area contributed by atoms with E-state index in [1.807, 2.05) is 36.2 Å². The molecule has 0 aliphatic carbocycles. The van der Waals surface area contributed by atoms with Crippen molar-refractivity contribution in [3.63, 3.8) is 0 Å². The van der Waals surface area contributed by atoms with Crippen LogP contribution in [0.5, 0.6) is 0 Å². The van der Waals surface area contributed by atoms with E-state index in [1.54, 1.807) is 11.3 Å². The molecule has 0 bridgehead atoms. The van der Waals surface area contributed by atoms with Crippen LogP contribution in [-0.2, 0) is 22.5 Å². The van der Waals surface area contributed by atoms with Crippen molar-refractivity contribution in [2.24, 2.45) is 0 Å². The quantitative estimate of drug-likeness (QED) is 0.674. The number of nitriles is 1. The van der Waals surface area contributed by atoms with Gasteiger partial charge in [-0.2, -0.15) is 5.26 Å². The Morgan fingerprint density at radius 1 is 1.47 bits per heavy atom. The van der Waals surface area contributed by atoms with Gasteiger partial charge in [-0.15, -0.1) is 11.3 Å². The van der Waals surface area contributed by atoms with Crippen LogP contribution in [0.2, 0.25) is 0 Å². The molecule has 2 aliphatic heterocycles. The van der Waals surface area contributed by atoms with E-state index in [0.717, 1.165) is 40.4 Å². The molecule has 3 N–H and O–H groups in total. The van der Waals surface area contributed by atoms with Crippen LogP contribution >= 0.6 is 11.3 Å². The Bertz CT molecular complexity index is 929. The maximum absolute atomic E-state index is 12.4. The lowest BCUT2D eigenvalue weighted by Crippen LogP contribution is -2.46. The van der Waals surface area contributed by atoms with Crippen LogP contribution < -0.4 is 10.6 Å². The Morgan fingerprint density at radius 3 is 3.00 bits per heavy atom. The first-order valence-corrected chi connectivity index (χ1v) is 11.0. The fraction of sp³-hybridized carbons (Fsp3) is 0.455. The fourth-order valence-corrected chi connectivity index (χ4v) is 5.03. The number of fused-ring (bicyclic) bond motifs is 1. The summed E-state index contributed by atoms with van der Waals surface area (Å²) in [7, 11) is 1.91. The topological polar surface area (TPSA) is 97.6 Å². The second kappa shape index (κ2) is 9.25. The summed E-state index contributed by atoms with van der Waals surface area (Å²) in [6.07, 6.45) is 0.236. The minimum Gasteiger partial charge on any atom is -0.373 e. The SMILES string of the molecule is CN1Cc2cc(-c3ccc(C[C@@H](C#N)NC(=O)[C@@H]4CNCCCO4)cc3)sc2C1O. The molecule has 1 unspecified atom stereocenters. The van der Waals surface area contributed by atoms with Crippen LogP contribution in [0, 0.1) is 11.3 Å². The highest BCUT2D eigenvalue weighted by Crippen LogP contribution is 2.41. The van der Waals surface area contributed by atoms with Crippen molar-refractivity contribution in [1.29, 1.82) is 5.26 Å². The Balaban J connectivity index is 1.38. The Hall–Kier alpha value is -2.28. The van der Waals surface area contributed by atoms with E-state index in [2.05, 4.69) is 22.8 Å². The van der Waals surface area contributed by atoms with E-state index in [0.29, 0.717) is 19.6 Å². The molecule has 1 fully saturated rings. The van der Waals surface area contributed by atoms with Crippen molar-refractivity contribution in [2.45, 2.75) is 37.8 Å². The zero-order valence-corrected chi connectivity index (χ0v) is 17.7. The number of aliphatic hydroxyl groups excluding tert-OH is 1. The molecular weight excluding hydrogens is 400 g/mol. The van der Waals surface area contributed by atoms with Crippen molar-refractivity contribution < 1.29 is 14.6 Å². The lowest BCUT2D eigenvalue weighted by atomic mass is 10.0. The summed E-state index contributed by atoms with van der Waals surface area (Å²) in [6, 6.07) is 11.7. The lowest BCUT2D eigenvalue weighted by Gasteiger charge is -2.18. The molecule has 30 heavy (non-hydrogen) atoms. The van der Waals surface area contributed by atoms with Crippen LogP contribution in [0.1, 0.15) is 28.7 Å². The number of ether oxygens (including phenoxy) is 1. The van der Waals surface area contributed by atoms with Crippen LogP contribution in [0.4, 0.5) is 0 Å². The Morgan fingerprint density at radius 2 is 2.27 bits per heavy atom. The minimum absolute atomic E-state index is 0.246. The van der Waals surface area contributed by atoms with Crippen LogP contribution in [0.3, 0.4) is 0 Å². The smallest absolute Gasteiger partial charge is 0.251 e. The van der Waals surface area contributed by atoms with E-state index in [9.17, 15) is 15.2 Å². The number of hydrogen-bond acceptors (Lipinski definition) is 7. The van der Waals surface area contributed by atoms with Crippen molar-refractivity contribution in [3.05, 3.63) is 46.3 Å². The van der Waals surface area contributed by atoms with Gasteiger partial charge in [0.1, 0.15) is 18.4 Å². The van der Waals surface area contributed by atoms with E-state index in [4.69, 9.17) is 4.74 Å². The number of thiophene rings is 1. The molecule has 7 nitrogen and oxygen atoms in total. The van der Waals surface area contributed by atoms with Crippen molar-refractivity contribution in [1.82, 2.24) is 15.5 Å². The summed E-state index contributed by atoms with van der Waals surface area (Å²) in [5.74, 6) is -0.246. The third kappa shape index (κ3) is 4.56. The molecule has 1 amide bonds. The molecule has 0 saturated carbocycles. The highest BCUT2D eigenvalue weighted by molar-refractivity contribution is 7.15. The Labute approximate surface area is 180 Å². The number of nitrogens with one attached hydrogen (secondary N) is 2. The van der Waals surface area contributed by atoms with Gasteiger partial charge in [-0.05, 0) is 42.8 Å². The number of carbonyl (C=O) groups excluding carboxylic acids is 1. The van der Waals surface area contributed by atoms with E-state index < -0.39 is 18.4 Å². The standard InChI is InChI=1S/C22H26N4O3S/c1-26-13-16-10-19(30-20(16)22(26)28)15-5-3-14(4-6-15)9-17(11-23)25-21(27)18-12-24-7-2-8-29-18/h3-6,10,17-18,22,24,28H,2,7-9,12-13H2,1H3,(H,25,27)/t17-,18-,22?/m0/s1. The number of rotatable bonds is 5. The van der Waals surface area contributed by atoms with Gasteiger partial charge in [0, 0.05) is 31.0 Å². The third-order valence-corrected chi connectivity index (χ3v) is 6.77. The summed E-state index contributed by atoms with van der Waals surface area (Å²) < 4.78 is 5.56. The van der Waals surface area contributed by atoms with Gasteiger partial charge in [0.2, 0.25) is 0 Å². The predicted octanol–water partition coefficient (Wildman–Crippen LogP) is 1.78. The highest BCUT2D eigenvalue weighted by atomic mass is 32.1. The molecule has 3 heterocycles. The third-order valence-electron chi connectivity index (χ3n) is 5.50. The number of amides is 1. The maximum atomic E-state index is 12.4. The molecule has 1 aromatic heterocycles. The molecule has 8 heteroatoms. The molecule has 1 aromatic carbocycles. The highest BCUT2D eigenvalue weighted by Gasteiger charge is 2.28. The number of aliphatic hydroxyl groups is 1. The summed E-state index contributed by atoms with van der Waals surface area (Å²) in [5, 5.41) is 25.7. The summed E-state index contributed by atoms with van der Waals surface area (Å²) in [4.78, 5) is 16.5. The first-order valence-electron chi connectivity index (χ1n) is 10.2. The van der Waals surface area contributed by atoms with Crippen molar-refractivity contribution >= 4 is 17.2 Å². The molecule has 158 valence electrons. The first kappa shape index (κ1) is 21.0. The summed E-state index contributed by atoms with van der Waals surface area (Å²) in [6.45, 7) is 2.60. The number of nitrogens with zero attached hydrogens (tertiary/aromatic N) is 2. The van der Waals surface area contributed by atoms with Gasteiger partial charge in [-0.3, -0.25) is 9.69 Å². The number of carbonyl (C=O) groups is 1. The fourth-order valence-electron chi connectivity index (χ4n) is 3.80. The van der Waals surface area contributed by atoms with Gasteiger partial charge in [0.05, 0.1) is 10.9 Å². The second-order valence-corrected chi connectivity index (χ2v) is 8.88. The average Bonchev–Trinajstić information content (AvgIpc) is 3.12. The molecular formula is C22H26N4O3S. The Kier molecular flexibility index (Phi) is 6.46. The molecule has 2 aliphatic rings. The van der Waals surface area contributed by atoms with E-state index in [1.165, 1.54) is 5.56 Å². The van der Waals surface area contributed by atoms with Crippen LogP contribution in [0.25, 0.3) is 10.4 Å². The number of benzene rings is 1. The molecule has 3 atom stereocenters. The average molecular weight is 427 g/mol. The van der Waals surface area contributed by atoms with Gasteiger partial charge in [0.15, 0.2) is 0 Å². The largest absolute Gasteiger partial charge is 0.373 e. The van der Waals surface area contributed by atoms with Gasteiger partial charge >= 0.3 is 0 Å². The zero-order chi connectivity index (χ0) is 21.1. The van der Waals surface area contributed by atoms with Crippen molar-refractivity contribution in [3.8, 4) is 16.5 Å². The zero-order valence-electron chi connectivity index (χ0n) is 16.9. The molecule has 0 radical (unpaired) electrons. The van der Waals surface area contributed by atoms with Crippen molar-refractivity contribution in [2.75, 3.05) is 26.7 Å². The number of hydrogen-bond donors (Lipinski definition) is 3. The molecule has 2 aromatic rings. The monoisotopic (exact) mass is 426 g/mol. The minimum atomic E-state index is -0.605. The van der Waals surface area contributed by atoms with Gasteiger partial charge in [0.25, 0.3) is 5.91 Å². The second-order valence-electron chi connectivity index (χ2n) is 7.80. The summed E-state index contributed by atoms with van der Waals surface area (Å²) in [5.41, 5.74) is 3.24. The molecule has 1 saturated heterocycles. The first-order chi connectivity index (χ1) is 14.5. The summed E-state index contributed by atoms with van der Waals surface area (Å²) >= 11 is 1.62. The van der Waals surface area contributed by atoms with E-state index >= 15 is 0 Å². The molecule has 0 spiro atoms. The lowest BCUT2D eigenvalue weighted by molar-refractivity contribution is -0.132. The van der Waals surface area contributed by atoms with Crippen LogP contribution in [-0.4, -0.2) is 54.8 Å². The normalized spacial score (nSPS) is 22.7. The van der Waals surface area contributed by atoms with Gasteiger partial charge in [-0.25, -0.2) is 0 Å². The predicted molar refractivity (Wildman–Crippen MR) is 115 cm³/mol. The van der Waals surface area contributed by atoms with Gasteiger partial charge < -0.3 is 20.5 Å². The van der Waals surface area contributed by atoms with Crippen LogP contribution in [0.15, 0.2) is 30.3 Å². The van der Waals surface area contributed by atoms with Gasteiger partial charge in [-0.1, -0.05) is 24.3 Å². The molecule has 4 rings (SSSR count).